The molecule has 1 saturated heterocycles. The van der Waals surface area contributed by atoms with Crippen molar-refractivity contribution >= 4 is 33.9 Å². The number of methoxy groups -OCH3 is 1. The fourth-order valence-corrected chi connectivity index (χ4v) is 4.28. The Bertz CT molecular complexity index is 1170. The van der Waals surface area contributed by atoms with Crippen LogP contribution in [0.15, 0.2) is 47.3 Å². The number of aryl methyl sites for hydroxylation is 2. The van der Waals surface area contributed by atoms with Gasteiger partial charge in [-0.3, -0.25) is 4.79 Å². The van der Waals surface area contributed by atoms with Gasteiger partial charge in [0.15, 0.2) is 5.11 Å². The molecule has 0 spiro atoms. The van der Waals surface area contributed by atoms with Gasteiger partial charge in [0.25, 0.3) is 5.56 Å². The molecular formula is C25H29N3O3S. The second-order valence-corrected chi connectivity index (χ2v) is 8.66. The third-order valence-electron chi connectivity index (χ3n) is 6.07. The first kappa shape index (κ1) is 22.3. The SMILES string of the molecule is COc1ccc(NC(=S)N(Cc2cc3ccc(C)c(C)c3[nH]c2=O)C[C@@H]2CCCO2)cc1. The van der Waals surface area contributed by atoms with Gasteiger partial charge < -0.3 is 24.7 Å². The van der Waals surface area contributed by atoms with E-state index in [9.17, 15) is 4.79 Å². The van der Waals surface area contributed by atoms with Gasteiger partial charge in [-0.15, -0.1) is 0 Å². The Kier molecular flexibility index (Phi) is 6.77. The van der Waals surface area contributed by atoms with Crippen molar-refractivity contribution in [3.05, 3.63) is 69.5 Å². The number of benzene rings is 2. The Balaban J connectivity index is 1.59. The molecule has 0 amide bonds. The van der Waals surface area contributed by atoms with Crippen LogP contribution in [0.3, 0.4) is 0 Å². The Labute approximate surface area is 193 Å². The number of fused-ring (bicyclic) bond motifs is 1. The molecule has 1 aromatic heterocycles. The Morgan fingerprint density at radius 3 is 2.72 bits per heavy atom. The van der Waals surface area contributed by atoms with Crippen molar-refractivity contribution in [2.24, 2.45) is 0 Å². The Morgan fingerprint density at radius 1 is 1.25 bits per heavy atom. The lowest BCUT2D eigenvalue weighted by Gasteiger charge is -2.28. The Hall–Kier alpha value is -2.90. The van der Waals surface area contributed by atoms with Crippen LogP contribution in [-0.4, -0.2) is 41.4 Å². The van der Waals surface area contributed by atoms with E-state index in [2.05, 4.69) is 22.4 Å². The van der Waals surface area contributed by atoms with Crippen LogP contribution < -0.4 is 15.6 Å². The van der Waals surface area contributed by atoms with E-state index in [-0.39, 0.29) is 11.7 Å². The molecule has 1 fully saturated rings. The van der Waals surface area contributed by atoms with Crippen LogP contribution in [0.25, 0.3) is 10.9 Å². The number of H-pyrrole nitrogens is 1. The largest absolute Gasteiger partial charge is 0.497 e. The van der Waals surface area contributed by atoms with Crippen molar-refractivity contribution in [2.45, 2.75) is 39.3 Å². The maximum absolute atomic E-state index is 12.9. The molecule has 0 bridgehead atoms. The predicted octanol–water partition coefficient (Wildman–Crippen LogP) is 4.53. The molecule has 168 valence electrons. The van der Waals surface area contributed by atoms with E-state index in [4.69, 9.17) is 21.7 Å². The molecule has 32 heavy (non-hydrogen) atoms. The summed E-state index contributed by atoms with van der Waals surface area (Å²) in [5, 5.41) is 4.88. The second kappa shape index (κ2) is 9.71. The first-order valence-corrected chi connectivity index (χ1v) is 11.3. The van der Waals surface area contributed by atoms with E-state index < -0.39 is 0 Å². The third kappa shape index (κ3) is 4.95. The molecule has 2 N–H and O–H groups in total. The molecule has 3 aromatic rings. The van der Waals surface area contributed by atoms with Crippen molar-refractivity contribution < 1.29 is 9.47 Å². The molecule has 7 heteroatoms. The summed E-state index contributed by atoms with van der Waals surface area (Å²) in [5.74, 6) is 0.783. The highest BCUT2D eigenvalue weighted by Crippen LogP contribution is 2.21. The number of hydrogen-bond acceptors (Lipinski definition) is 4. The molecule has 1 aliphatic rings. The van der Waals surface area contributed by atoms with E-state index in [1.54, 1.807) is 7.11 Å². The molecule has 4 rings (SSSR count). The summed E-state index contributed by atoms with van der Waals surface area (Å²) in [6, 6.07) is 13.7. The molecule has 1 aliphatic heterocycles. The van der Waals surface area contributed by atoms with Gasteiger partial charge in [0.05, 0.1) is 25.3 Å². The van der Waals surface area contributed by atoms with E-state index >= 15 is 0 Å². The fourth-order valence-electron chi connectivity index (χ4n) is 4.02. The maximum Gasteiger partial charge on any atom is 0.253 e. The van der Waals surface area contributed by atoms with Crippen molar-refractivity contribution in [1.29, 1.82) is 0 Å². The highest BCUT2D eigenvalue weighted by Gasteiger charge is 2.22. The lowest BCUT2D eigenvalue weighted by Crippen LogP contribution is -2.40. The van der Waals surface area contributed by atoms with Crippen LogP contribution in [0.2, 0.25) is 0 Å². The minimum absolute atomic E-state index is 0.0872. The van der Waals surface area contributed by atoms with Crippen LogP contribution in [0.5, 0.6) is 5.75 Å². The summed E-state index contributed by atoms with van der Waals surface area (Å²) in [6.07, 6.45) is 2.15. The summed E-state index contributed by atoms with van der Waals surface area (Å²) in [6.45, 7) is 5.89. The number of pyridine rings is 1. The number of aromatic amines is 1. The normalized spacial score (nSPS) is 15.7. The van der Waals surface area contributed by atoms with Crippen molar-refractivity contribution in [2.75, 3.05) is 25.6 Å². The zero-order chi connectivity index (χ0) is 22.7. The average molecular weight is 452 g/mol. The van der Waals surface area contributed by atoms with Gasteiger partial charge >= 0.3 is 0 Å². The lowest BCUT2D eigenvalue weighted by atomic mass is 10.0. The van der Waals surface area contributed by atoms with Crippen LogP contribution >= 0.6 is 12.2 Å². The fraction of sp³-hybridized carbons (Fsp3) is 0.360. The molecule has 2 heterocycles. The van der Waals surface area contributed by atoms with E-state index in [0.29, 0.717) is 23.8 Å². The third-order valence-corrected chi connectivity index (χ3v) is 6.43. The van der Waals surface area contributed by atoms with Gasteiger partial charge in [-0.2, -0.15) is 0 Å². The zero-order valence-electron chi connectivity index (χ0n) is 18.7. The first-order valence-electron chi connectivity index (χ1n) is 10.9. The number of thiocarbonyl (C=S) groups is 1. The number of ether oxygens (including phenoxy) is 2. The molecule has 0 unspecified atom stereocenters. The number of nitrogens with zero attached hydrogens (tertiary/aromatic N) is 1. The predicted molar refractivity (Wildman–Crippen MR) is 133 cm³/mol. The quantitative estimate of drug-likeness (QED) is 0.537. The number of rotatable bonds is 6. The lowest BCUT2D eigenvalue weighted by molar-refractivity contribution is 0.0904. The van der Waals surface area contributed by atoms with Gasteiger partial charge in [0.2, 0.25) is 0 Å². The highest BCUT2D eigenvalue weighted by molar-refractivity contribution is 7.80. The van der Waals surface area contributed by atoms with Crippen molar-refractivity contribution in [1.82, 2.24) is 9.88 Å². The van der Waals surface area contributed by atoms with E-state index in [1.807, 2.05) is 49.1 Å². The Morgan fingerprint density at radius 2 is 2.03 bits per heavy atom. The van der Waals surface area contributed by atoms with Crippen LogP contribution in [-0.2, 0) is 11.3 Å². The molecular weight excluding hydrogens is 422 g/mol. The van der Waals surface area contributed by atoms with Gasteiger partial charge in [0.1, 0.15) is 5.75 Å². The van der Waals surface area contributed by atoms with Gasteiger partial charge in [-0.05, 0) is 85.8 Å². The van der Waals surface area contributed by atoms with Crippen LogP contribution in [0.1, 0.15) is 29.5 Å². The highest BCUT2D eigenvalue weighted by atomic mass is 32.1. The molecule has 0 saturated carbocycles. The zero-order valence-corrected chi connectivity index (χ0v) is 19.6. The van der Waals surface area contributed by atoms with E-state index in [0.717, 1.165) is 52.9 Å². The molecule has 0 radical (unpaired) electrons. The standard InChI is InChI=1S/C25H29N3O3S/c1-16-6-7-18-13-19(24(29)27-23(18)17(16)2)14-28(15-22-5-4-12-31-22)25(32)26-20-8-10-21(30-3)11-9-20/h6-11,13,22H,4-5,12,14-15H2,1-3H3,(H,26,32)(H,27,29)/t22-/m0/s1. The van der Waals surface area contributed by atoms with Crippen molar-refractivity contribution in [3.8, 4) is 5.75 Å². The van der Waals surface area contributed by atoms with Crippen LogP contribution in [0.4, 0.5) is 5.69 Å². The monoisotopic (exact) mass is 451 g/mol. The number of hydrogen-bond donors (Lipinski definition) is 2. The minimum atomic E-state index is -0.0872. The first-order chi connectivity index (χ1) is 15.4. The van der Waals surface area contributed by atoms with Gasteiger partial charge in [0, 0.05) is 24.4 Å². The van der Waals surface area contributed by atoms with Crippen LogP contribution in [0, 0.1) is 13.8 Å². The average Bonchev–Trinajstić information content (AvgIpc) is 3.30. The van der Waals surface area contributed by atoms with Gasteiger partial charge in [-0.25, -0.2) is 0 Å². The topological polar surface area (TPSA) is 66.6 Å². The smallest absolute Gasteiger partial charge is 0.253 e. The summed E-state index contributed by atoms with van der Waals surface area (Å²) in [4.78, 5) is 18.0. The molecule has 6 nitrogen and oxygen atoms in total. The maximum atomic E-state index is 12.9. The summed E-state index contributed by atoms with van der Waals surface area (Å²) < 4.78 is 11.1. The van der Waals surface area contributed by atoms with Crippen molar-refractivity contribution in [3.63, 3.8) is 0 Å². The van der Waals surface area contributed by atoms with Gasteiger partial charge in [-0.1, -0.05) is 12.1 Å². The number of nitrogens with one attached hydrogen (secondary N) is 2. The summed E-state index contributed by atoms with van der Waals surface area (Å²) >= 11 is 5.75. The molecule has 0 aliphatic carbocycles. The minimum Gasteiger partial charge on any atom is -0.497 e. The number of aromatic nitrogens is 1. The summed E-state index contributed by atoms with van der Waals surface area (Å²) in [7, 11) is 1.64. The number of anilines is 1. The summed E-state index contributed by atoms with van der Waals surface area (Å²) in [5.41, 5.74) is 4.60. The molecule has 1 atom stereocenters. The second-order valence-electron chi connectivity index (χ2n) is 8.27. The molecule has 2 aromatic carbocycles. The van der Waals surface area contributed by atoms with E-state index in [1.165, 1.54) is 0 Å².